The third kappa shape index (κ3) is 6.63. The lowest BCUT2D eigenvalue weighted by Gasteiger charge is -2.56. The summed E-state index contributed by atoms with van der Waals surface area (Å²) < 4.78 is 7.38. The summed E-state index contributed by atoms with van der Waals surface area (Å²) in [6, 6.07) is 2.02. The maximum absolute atomic E-state index is 13.3. The molecule has 0 spiro atoms. The number of nitrogens with zero attached hydrogens (tertiary/aromatic N) is 3. The van der Waals surface area contributed by atoms with E-state index in [0.717, 1.165) is 19.3 Å². The smallest absolute Gasteiger partial charge is 0.330 e. The first-order valence-electron chi connectivity index (χ1n) is 14.5. The van der Waals surface area contributed by atoms with Crippen LogP contribution in [0, 0.1) is 17.8 Å². The number of esters is 1. The van der Waals surface area contributed by atoms with Gasteiger partial charge in [0.1, 0.15) is 18.3 Å². The van der Waals surface area contributed by atoms with Gasteiger partial charge in [-0.1, -0.05) is 6.08 Å². The van der Waals surface area contributed by atoms with E-state index in [9.17, 15) is 24.0 Å². The number of aromatic nitrogens is 3. The molecule has 4 saturated carbocycles. The Hall–Kier alpha value is -4.22. The summed E-state index contributed by atoms with van der Waals surface area (Å²) in [6.45, 7) is -0.151. The second-order valence-electron chi connectivity index (χ2n) is 12.0. The SMILES string of the molecule is COC(=O)/C=C/CC[C@H](NC(=O)c1nccn1C)C(=O)Nc1cccn(CC(=O)NC23CC4CC(CC(C4)C2)C3)c1=O. The van der Waals surface area contributed by atoms with Gasteiger partial charge in [0.25, 0.3) is 11.5 Å². The topological polar surface area (TPSA) is 153 Å². The summed E-state index contributed by atoms with van der Waals surface area (Å²) in [5.41, 5.74) is -0.694. The van der Waals surface area contributed by atoms with Crippen LogP contribution in [0.2, 0.25) is 0 Å². The van der Waals surface area contributed by atoms with Crippen molar-refractivity contribution >= 4 is 29.4 Å². The average Bonchev–Trinajstić information content (AvgIpc) is 3.37. The third-order valence-corrected chi connectivity index (χ3v) is 8.76. The predicted molar refractivity (Wildman–Crippen MR) is 153 cm³/mol. The minimum absolute atomic E-state index is 0.00792. The molecule has 1 atom stereocenters. The number of carbonyl (C=O) groups excluding carboxylic acids is 4. The molecular weight excluding hydrogens is 540 g/mol. The Morgan fingerprint density at radius 1 is 1.12 bits per heavy atom. The van der Waals surface area contributed by atoms with Crippen LogP contribution in [0.25, 0.3) is 0 Å². The molecule has 3 amide bonds. The molecule has 224 valence electrons. The van der Waals surface area contributed by atoms with Gasteiger partial charge in [0.2, 0.25) is 11.8 Å². The number of methoxy groups -OCH3 is 1. The highest BCUT2D eigenvalue weighted by Crippen LogP contribution is 2.55. The van der Waals surface area contributed by atoms with Crippen molar-refractivity contribution < 1.29 is 23.9 Å². The first-order valence-corrected chi connectivity index (χ1v) is 14.5. The van der Waals surface area contributed by atoms with Gasteiger partial charge in [-0.25, -0.2) is 9.78 Å². The molecule has 0 unspecified atom stereocenters. The van der Waals surface area contributed by atoms with E-state index < -0.39 is 29.4 Å². The predicted octanol–water partition coefficient (Wildman–Crippen LogP) is 1.91. The van der Waals surface area contributed by atoms with Crippen molar-refractivity contribution in [1.82, 2.24) is 24.8 Å². The van der Waals surface area contributed by atoms with Crippen molar-refractivity contribution in [3.63, 3.8) is 0 Å². The zero-order chi connectivity index (χ0) is 29.9. The number of imidazole rings is 1. The Morgan fingerprint density at radius 2 is 1.81 bits per heavy atom. The number of allylic oxidation sites excluding steroid dienone is 1. The van der Waals surface area contributed by atoms with Gasteiger partial charge in [-0.3, -0.25) is 19.2 Å². The van der Waals surface area contributed by atoms with E-state index in [0.29, 0.717) is 17.8 Å². The molecule has 2 aromatic rings. The van der Waals surface area contributed by atoms with E-state index >= 15 is 0 Å². The molecule has 0 radical (unpaired) electrons. The summed E-state index contributed by atoms with van der Waals surface area (Å²) in [5, 5.41) is 8.56. The van der Waals surface area contributed by atoms with Crippen LogP contribution < -0.4 is 21.5 Å². The van der Waals surface area contributed by atoms with Crippen LogP contribution in [0.1, 0.15) is 62.0 Å². The van der Waals surface area contributed by atoms with Crippen molar-refractivity contribution in [3.05, 3.63) is 59.1 Å². The zero-order valence-corrected chi connectivity index (χ0v) is 24.0. The monoisotopic (exact) mass is 578 g/mol. The Balaban J connectivity index is 1.25. The number of anilines is 1. The molecule has 0 saturated heterocycles. The molecule has 0 aromatic carbocycles. The molecule has 2 aromatic heterocycles. The van der Waals surface area contributed by atoms with E-state index in [1.54, 1.807) is 19.3 Å². The van der Waals surface area contributed by atoms with Crippen molar-refractivity contribution in [2.45, 2.75) is 69.5 Å². The molecule has 0 aliphatic heterocycles. The highest BCUT2D eigenvalue weighted by molar-refractivity contribution is 5.99. The van der Waals surface area contributed by atoms with Gasteiger partial charge in [0.15, 0.2) is 5.82 Å². The van der Waals surface area contributed by atoms with Crippen LogP contribution in [-0.4, -0.2) is 56.5 Å². The number of pyridine rings is 1. The molecule has 4 fully saturated rings. The summed E-state index contributed by atoms with van der Waals surface area (Å²) >= 11 is 0. The minimum Gasteiger partial charge on any atom is -0.466 e. The highest BCUT2D eigenvalue weighted by Gasteiger charge is 2.51. The molecule has 12 heteroatoms. The summed E-state index contributed by atoms with van der Waals surface area (Å²) in [5.74, 6) is 0.234. The third-order valence-electron chi connectivity index (χ3n) is 8.76. The lowest BCUT2D eigenvalue weighted by molar-refractivity contribution is -0.135. The molecule has 42 heavy (non-hydrogen) atoms. The summed E-state index contributed by atoms with van der Waals surface area (Å²) in [7, 11) is 2.91. The Bertz CT molecular complexity index is 1410. The second kappa shape index (κ2) is 12.3. The van der Waals surface area contributed by atoms with Crippen LogP contribution in [-0.2, 0) is 32.7 Å². The van der Waals surface area contributed by atoms with Gasteiger partial charge in [0.05, 0.1) is 7.11 Å². The quantitative estimate of drug-likeness (QED) is 0.272. The number of rotatable bonds is 11. The molecule has 4 bridgehead atoms. The van der Waals surface area contributed by atoms with Gasteiger partial charge in [-0.15, -0.1) is 0 Å². The van der Waals surface area contributed by atoms with Crippen LogP contribution >= 0.6 is 0 Å². The fraction of sp³-hybridized carbons (Fsp3) is 0.533. The van der Waals surface area contributed by atoms with Gasteiger partial charge < -0.3 is 29.8 Å². The normalized spacial score (nSPS) is 24.8. The Labute approximate surface area is 243 Å². The largest absolute Gasteiger partial charge is 0.466 e. The number of ether oxygens (including phenoxy) is 1. The number of aryl methyl sites for hydroxylation is 1. The van der Waals surface area contributed by atoms with Gasteiger partial charge >= 0.3 is 5.97 Å². The average molecular weight is 579 g/mol. The standard InChI is InChI=1S/C30H38N6O6/c1-35-11-9-31-26(35)28(40)32-22(6-3-4-8-25(38)42-2)27(39)33-23-7-5-10-36(29(23)41)18-24(37)34-30-15-19-12-20(16-30)14-21(13-19)17-30/h4-5,7-11,19-22H,3,6,12-18H2,1-2H3,(H,32,40)(H,33,39)(H,34,37)/b8-4+/t19?,20?,21?,22-,30?/m0/s1. The van der Waals surface area contributed by atoms with Gasteiger partial charge in [0, 0.05) is 37.3 Å². The number of carbonyl (C=O) groups is 4. The molecule has 4 aliphatic rings. The van der Waals surface area contributed by atoms with E-state index in [4.69, 9.17) is 0 Å². The van der Waals surface area contributed by atoms with E-state index in [2.05, 4.69) is 25.7 Å². The first-order chi connectivity index (χ1) is 20.1. The van der Waals surface area contributed by atoms with Crippen molar-refractivity contribution in [3.8, 4) is 0 Å². The van der Waals surface area contributed by atoms with Crippen molar-refractivity contribution in [2.75, 3.05) is 12.4 Å². The van der Waals surface area contributed by atoms with Crippen LogP contribution in [0.3, 0.4) is 0 Å². The van der Waals surface area contributed by atoms with Crippen LogP contribution in [0.5, 0.6) is 0 Å². The second-order valence-corrected chi connectivity index (χ2v) is 12.0. The number of nitrogens with one attached hydrogen (secondary N) is 3. The fourth-order valence-electron chi connectivity index (χ4n) is 7.32. The van der Waals surface area contributed by atoms with Crippen LogP contribution in [0.15, 0.2) is 47.7 Å². The lowest BCUT2D eigenvalue weighted by Crippen LogP contribution is -2.60. The van der Waals surface area contributed by atoms with Gasteiger partial charge in [-0.05, 0) is 81.3 Å². The first kappa shape index (κ1) is 29.3. The van der Waals surface area contributed by atoms with E-state index in [-0.39, 0.29) is 42.3 Å². The number of amides is 3. The Kier molecular flexibility index (Phi) is 8.60. The Morgan fingerprint density at radius 3 is 2.43 bits per heavy atom. The molecule has 6 rings (SSSR count). The summed E-state index contributed by atoms with van der Waals surface area (Å²) in [4.78, 5) is 67.9. The minimum atomic E-state index is -1.04. The lowest BCUT2D eigenvalue weighted by atomic mass is 9.53. The zero-order valence-electron chi connectivity index (χ0n) is 24.0. The van der Waals surface area contributed by atoms with Crippen LogP contribution in [0.4, 0.5) is 5.69 Å². The fourth-order valence-corrected chi connectivity index (χ4v) is 7.32. The van der Waals surface area contributed by atoms with E-state index in [1.807, 2.05) is 0 Å². The van der Waals surface area contributed by atoms with Crippen molar-refractivity contribution in [2.24, 2.45) is 24.8 Å². The maximum atomic E-state index is 13.3. The number of hydrogen-bond donors (Lipinski definition) is 3. The molecule has 12 nitrogen and oxygen atoms in total. The van der Waals surface area contributed by atoms with E-state index in [1.165, 1.54) is 66.1 Å². The molecule has 2 heterocycles. The molecule has 3 N–H and O–H groups in total. The summed E-state index contributed by atoms with van der Waals surface area (Å²) in [6.07, 6.45) is 14.6. The molecular formula is C30H38N6O6. The number of hydrogen-bond acceptors (Lipinski definition) is 7. The van der Waals surface area contributed by atoms with Gasteiger partial charge in [-0.2, -0.15) is 0 Å². The molecule has 4 aliphatic carbocycles. The highest BCUT2D eigenvalue weighted by atomic mass is 16.5. The van der Waals surface area contributed by atoms with Crippen molar-refractivity contribution in [1.29, 1.82) is 0 Å². The maximum Gasteiger partial charge on any atom is 0.330 e.